The number of benzene rings is 1. The van der Waals surface area contributed by atoms with Gasteiger partial charge in [0.2, 0.25) is 0 Å². The smallest absolute Gasteiger partial charge is 0.0458 e. The Morgan fingerprint density at radius 3 is 2.76 bits per heavy atom. The third kappa shape index (κ3) is 2.89. The van der Waals surface area contributed by atoms with Crippen LogP contribution < -0.4 is 5.32 Å². The van der Waals surface area contributed by atoms with Gasteiger partial charge in [-0.2, -0.15) is 0 Å². The number of fused-ring (bicyclic) bond motifs is 1. The Balaban J connectivity index is 2.05. The quantitative estimate of drug-likeness (QED) is 0.757. The predicted octanol–water partition coefficient (Wildman–Crippen LogP) is 3.41. The third-order valence-electron chi connectivity index (χ3n) is 3.18. The minimum Gasteiger partial charge on any atom is -0.358 e. The van der Waals surface area contributed by atoms with Gasteiger partial charge in [-0.25, -0.2) is 0 Å². The van der Waals surface area contributed by atoms with Crippen LogP contribution in [0.2, 0.25) is 0 Å². The molecule has 0 saturated carbocycles. The molecule has 2 rings (SSSR count). The number of H-pyrrole nitrogens is 1. The summed E-state index contributed by atoms with van der Waals surface area (Å²) in [6.07, 6.45) is 2.34. The zero-order valence-corrected chi connectivity index (χ0v) is 11.0. The van der Waals surface area contributed by atoms with Gasteiger partial charge in [0.15, 0.2) is 0 Å². The lowest BCUT2D eigenvalue weighted by molar-refractivity contribution is 0.570. The SMILES string of the molecule is Cc1[nH]c2ccccc2c1CCCNC(C)C. The summed E-state index contributed by atoms with van der Waals surface area (Å²) in [6, 6.07) is 9.15. The highest BCUT2D eigenvalue weighted by atomic mass is 14.9. The molecule has 1 aromatic carbocycles. The summed E-state index contributed by atoms with van der Waals surface area (Å²) in [6.45, 7) is 7.65. The second kappa shape index (κ2) is 5.37. The molecule has 2 heteroatoms. The predicted molar refractivity (Wildman–Crippen MR) is 74.5 cm³/mol. The summed E-state index contributed by atoms with van der Waals surface area (Å²) in [5.74, 6) is 0. The second-order valence-electron chi connectivity index (χ2n) is 4.99. The maximum atomic E-state index is 3.47. The molecule has 0 saturated heterocycles. The molecule has 2 aromatic rings. The Morgan fingerprint density at radius 2 is 2.00 bits per heavy atom. The summed E-state index contributed by atoms with van der Waals surface area (Å²) in [5, 5.41) is 4.85. The number of rotatable bonds is 5. The van der Waals surface area contributed by atoms with Crippen LogP contribution in [0.25, 0.3) is 10.9 Å². The topological polar surface area (TPSA) is 27.8 Å². The van der Waals surface area contributed by atoms with E-state index in [0.29, 0.717) is 6.04 Å². The van der Waals surface area contributed by atoms with E-state index >= 15 is 0 Å². The summed E-state index contributed by atoms with van der Waals surface area (Å²) >= 11 is 0. The van der Waals surface area contributed by atoms with Crippen molar-refractivity contribution in [3.63, 3.8) is 0 Å². The average Bonchev–Trinajstić information content (AvgIpc) is 2.60. The third-order valence-corrected chi connectivity index (χ3v) is 3.18. The van der Waals surface area contributed by atoms with Gasteiger partial charge < -0.3 is 10.3 Å². The maximum absolute atomic E-state index is 3.47. The maximum Gasteiger partial charge on any atom is 0.0458 e. The molecular weight excluding hydrogens is 208 g/mol. The minimum absolute atomic E-state index is 0.582. The van der Waals surface area contributed by atoms with Crippen LogP contribution in [-0.4, -0.2) is 17.6 Å². The van der Waals surface area contributed by atoms with Crippen molar-refractivity contribution >= 4 is 10.9 Å². The van der Waals surface area contributed by atoms with Gasteiger partial charge in [0, 0.05) is 22.6 Å². The molecule has 0 unspecified atom stereocenters. The zero-order chi connectivity index (χ0) is 12.3. The highest BCUT2D eigenvalue weighted by Gasteiger charge is 2.06. The van der Waals surface area contributed by atoms with Crippen LogP contribution in [0, 0.1) is 6.92 Å². The molecule has 2 N–H and O–H groups in total. The van der Waals surface area contributed by atoms with E-state index in [1.165, 1.54) is 28.6 Å². The molecular formula is C15H22N2. The van der Waals surface area contributed by atoms with Crippen molar-refractivity contribution in [2.75, 3.05) is 6.54 Å². The fourth-order valence-electron chi connectivity index (χ4n) is 2.31. The Morgan fingerprint density at radius 1 is 1.24 bits per heavy atom. The summed E-state index contributed by atoms with van der Waals surface area (Å²) in [4.78, 5) is 3.46. The molecule has 0 atom stereocenters. The first-order chi connectivity index (χ1) is 8.18. The van der Waals surface area contributed by atoms with E-state index in [0.717, 1.165) is 13.0 Å². The summed E-state index contributed by atoms with van der Waals surface area (Å²) < 4.78 is 0. The van der Waals surface area contributed by atoms with Gasteiger partial charge in [-0.15, -0.1) is 0 Å². The number of para-hydroxylation sites is 1. The monoisotopic (exact) mass is 230 g/mol. The van der Waals surface area contributed by atoms with Crippen LogP contribution in [0.4, 0.5) is 0 Å². The zero-order valence-electron chi connectivity index (χ0n) is 11.0. The van der Waals surface area contributed by atoms with Crippen molar-refractivity contribution in [1.82, 2.24) is 10.3 Å². The number of aromatic amines is 1. The van der Waals surface area contributed by atoms with E-state index in [9.17, 15) is 0 Å². The molecule has 2 nitrogen and oxygen atoms in total. The first kappa shape index (κ1) is 12.2. The Bertz CT molecular complexity index is 483. The molecule has 0 aliphatic heterocycles. The summed E-state index contributed by atoms with van der Waals surface area (Å²) in [5.41, 5.74) is 4.05. The van der Waals surface area contributed by atoms with Gasteiger partial charge in [0.25, 0.3) is 0 Å². The van der Waals surface area contributed by atoms with Crippen LogP contribution in [-0.2, 0) is 6.42 Å². The minimum atomic E-state index is 0.582. The fourth-order valence-corrected chi connectivity index (χ4v) is 2.31. The van der Waals surface area contributed by atoms with Gasteiger partial charge in [0.05, 0.1) is 0 Å². The Hall–Kier alpha value is -1.28. The molecule has 0 radical (unpaired) electrons. The van der Waals surface area contributed by atoms with Crippen molar-refractivity contribution in [3.8, 4) is 0 Å². The number of hydrogen-bond acceptors (Lipinski definition) is 1. The molecule has 0 bridgehead atoms. The molecule has 0 fully saturated rings. The molecule has 1 heterocycles. The first-order valence-electron chi connectivity index (χ1n) is 6.48. The van der Waals surface area contributed by atoms with E-state index in [1.54, 1.807) is 0 Å². The lowest BCUT2D eigenvalue weighted by atomic mass is 10.1. The van der Waals surface area contributed by atoms with Crippen molar-refractivity contribution in [2.24, 2.45) is 0 Å². The van der Waals surface area contributed by atoms with Gasteiger partial charge in [-0.05, 0) is 37.9 Å². The normalized spacial score (nSPS) is 11.5. The Kier molecular flexibility index (Phi) is 3.85. The van der Waals surface area contributed by atoms with Gasteiger partial charge >= 0.3 is 0 Å². The highest BCUT2D eigenvalue weighted by Crippen LogP contribution is 2.22. The molecule has 92 valence electrons. The first-order valence-corrected chi connectivity index (χ1v) is 6.48. The van der Waals surface area contributed by atoms with E-state index < -0.39 is 0 Å². The number of nitrogens with one attached hydrogen (secondary N) is 2. The van der Waals surface area contributed by atoms with Crippen molar-refractivity contribution in [2.45, 2.75) is 39.7 Å². The average molecular weight is 230 g/mol. The highest BCUT2D eigenvalue weighted by molar-refractivity contribution is 5.84. The van der Waals surface area contributed by atoms with E-state index in [-0.39, 0.29) is 0 Å². The van der Waals surface area contributed by atoms with Gasteiger partial charge in [-0.3, -0.25) is 0 Å². The van der Waals surface area contributed by atoms with E-state index in [1.807, 2.05) is 0 Å². The van der Waals surface area contributed by atoms with Crippen molar-refractivity contribution in [1.29, 1.82) is 0 Å². The molecule has 1 aromatic heterocycles. The fraction of sp³-hybridized carbons (Fsp3) is 0.467. The molecule has 0 amide bonds. The van der Waals surface area contributed by atoms with Crippen LogP contribution in [0.5, 0.6) is 0 Å². The van der Waals surface area contributed by atoms with Crippen molar-refractivity contribution in [3.05, 3.63) is 35.5 Å². The van der Waals surface area contributed by atoms with Crippen LogP contribution in [0.1, 0.15) is 31.5 Å². The largest absolute Gasteiger partial charge is 0.358 e. The lowest BCUT2D eigenvalue weighted by Crippen LogP contribution is -2.23. The van der Waals surface area contributed by atoms with Gasteiger partial charge in [-0.1, -0.05) is 32.0 Å². The van der Waals surface area contributed by atoms with E-state index in [2.05, 4.69) is 55.3 Å². The lowest BCUT2D eigenvalue weighted by Gasteiger charge is -2.07. The molecule has 0 spiro atoms. The summed E-state index contributed by atoms with van der Waals surface area (Å²) in [7, 11) is 0. The molecule has 17 heavy (non-hydrogen) atoms. The number of hydrogen-bond donors (Lipinski definition) is 2. The number of aromatic nitrogens is 1. The van der Waals surface area contributed by atoms with Crippen LogP contribution in [0.15, 0.2) is 24.3 Å². The standard InChI is InChI=1S/C15H22N2/c1-11(2)16-10-6-8-13-12(3)17-15-9-5-4-7-14(13)15/h4-5,7,9,11,16-17H,6,8,10H2,1-3H3. The van der Waals surface area contributed by atoms with Gasteiger partial charge in [0.1, 0.15) is 0 Å². The number of aryl methyl sites for hydroxylation is 2. The Labute approximate surface area is 103 Å². The second-order valence-corrected chi connectivity index (χ2v) is 4.99. The van der Waals surface area contributed by atoms with Crippen LogP contribution >= 0.6 is 0 Å². The van der Waals surface area contributed by atoms with Crippen molar-refractivity contribution < 1.29 is 0 Å². The van der Waals surface area contributed by atoms with Crippen LogP contribution in [0.3, 0.4) is 0 Å². The van der Waals surface area contributed by atoms with E-state index in [4.69, 9.17) is 0 Å². The molecule has 0 aliphatic carbocycles. The molecule has 0 aliphatic rings.